The van der Waals surface area contributed by atoms with Gasteiger partial charge in [-0.05, 0) is 36.4 Å². The van der Waals surface area contributed by atoms with Gasteiger partial charge in [0, 0.05) is 17.7 Å². The van der Waals surface area contributed by atoms with Crippen molar-refractivity contribution < 1.29 is 94.2 Å². The number of fused-ring (bicyclic) bond motifs is 1. The molecular formula is C34H34O20. The summed E-state index contributed by atoms with van der Waals surface area (Å²) in [6.45, 7) is -1.86. The molecule has 10 atom stereocenters. The Morgan fingerprint density at radius 3 is 1.85 bits per heavy atom. The number of benzene rings is 3. The van der Waals surface area contributed by atoms with Crippen molar-refractivity contribution in [3.05, 3.63) is 64.3 Å². The Bertz CT molecular complexity index is 2040. The first-order valence-electron chi connectivity index (χ1n) is 16.0. The van der Waals surface area contributed by atoms with Gasteiger partial charge in [0.05, 0.1) is 18.8 Å². The third-order valence-electron chi connectivity index (χ3n) is 8.77. The maximum absolute atomic E-state index is 14.0. The van der Waals surface area contributed by atoms with Crippen molar-refractivity contribution in [3.63, 3.8) is 0 Å². The van der Waals surface area contributed by atoms with Crippen LogP contribution in [0.1, 0.15) is 10.4 Å². The molecule has 3 heterocycles. The van der Waals surface area contributed by atoms with Crippen molar-refractivity contribution in [2.75, 3.05) is 13.2 Å². The topological polar surface area (TPSA) is 336 Å². The second-order valence-electron chi connectivity index (χ2n) is 12.3. The summed E-state index contributed by atoms with van der Waals surface area (Å²) in [6.07, 6.45) is -19.5. The van der Waals surface area contributed by atoms with Gasteiger partial charge in [0.1, 0.15) is 64.8 Å². The van der Waals surface area contributed by atoms with Gasteiger partial charge in [0.25, 0.3) is 0 Å². The van der Waals surface area contributed by atoms with Crippen LogP contribution in [-0.4, -0.2) is 142 Å². The van der Waals surface area contributed by atoms with Crippen LogP contribution >= 0.6 is 0 Å². The molecule has 6 rings (SSSR count). The van der Waals surface area contributed by atoms with Gasteiger partial charge >= 0.3 is 5.97 Å². The molecule has 20 heteroatoms. The fraction of sp³-hybridized carbons (Fsp3) is 0.353. The maximum Gasteiger partial charge on any atom is 0.338 e. The van der Waals surface area contributed by atoms with Crippen molar-refractivity contribution in [3.8, 4) is 51.6 Å². The fourth-order valence-electron chi connectivity index (χ4n) is 5.95. The van der Waals surface area contributed by atoms with E-state index in [4.69, 9.17) is 28.1 Å². The number of rotatable bonds is 9. The molecule has 20 nitrogen and oxygen atoms in total. The van der Waals surface area contributed by atoms with Gasteiger partial charge in [0.2, 0.25) is 17.5 Å². The van der Waals surface area contributed by atoms with Crippen LogP contribution in [0.3, 0.4) is 0 Å². The Labute approximate surface area is 301 Å². The molecule has 290 valence electrons. The lowest BCUT2D eigenvalue weighted by Gasteiger charge is -2.46. The highest BCUT2D eigenvalue weighted by molar-refractivity contribution is 5.91. The number of phenols is 6. The molecule has 0 radical (unpaired) electrons. The van der Waals surface area contributed by atoms with Gasteiger partial charge in [-0.1, -0.05) is 0 Å². The molecule has 0 amide bonds. The number of hydrogen-bond acceptors (Lipinski definition) is 20. The molecule has 2 fully saturated rings. The van der Waals surface area contributed by atoms with Crippen molar-refractivity contribution in [2.45, 2.75) is 61.4 Å². The van der Waals surface area contributed by atoms with E-state index in [1.54, 1.807) is 0 Å². The molecule has 0 aliphatic carbocycles. The molecule has 0 spiro atoms. The largest absolute Gasteiger partial charge is 0.508 e. The van der Waals surface area contributed by atoms with Crippen molar-refractivity contribution >= 4 is 16.9 Å². The second kappa shape index (κ2) is 15.1. The summed E-state index contributed by atoms with van der Waals surface area (Å²) in [5.41, 5.74) is -1.86. The maximum atomic E-state index is 14.0. The predicted octanol–water partition coefficient (Wildman–Crippen LogP) is -1.44. The molecule has 12 N–H and O–H groups in total. The van der Waals surface area contributed by atoms with Gasteiger partial charge < -0.3 is 89.4 Å². The number of aromatic hydroxyl groups is 6. The molecule has 54 heavy (non-hydrogen) atoms. The Balaban J connectivity index is 1.41. The summed E-state index contributed by atoms with van der Waals surface area (Å²) in [4.78, 5) is 27.1. The first kappa shape index (κ1) is 38.3. The van der Waals surface area contributed by atoms with Crippen LogP contribution in [0.5, 0.6) is 40.2 Å². The van der Waals surface area contributed by atoms with Crippen LogP contribution in [0.25, 0.3) is 22.3 Å². The lowest BCUT2D eigenvalue weighted by molar-refractivity contribution is -0.357. The monoisotopic (exact) mass is 762 g/mol. The molecule has 2 aliphatic rings. The first-order chi connectivity index (χ1) is 25.6. The minimum absolute atomic E-state index is 0.0917. The van der Waals surface area contributed by atoms with E-state index in [-0.39, 0.29) is 22.7 Å². The fourth-order valence-corrected chi connectivity index (χ4v) is 5.95. The summed E-state index contributed by atoms with van der Waals surface area (Å²) >= 11 is 0. The number of carbonyl (C=O) groups is 1. The van der Waals surface area contributed by atoms with Crippen LogP contribution in [0.15, 0.2) is 57.7 Å². The van der Waals surface area contributed by atoms with E-state index in [1.165, 1.54) is 24.3 Å². The summed E-state index contributed by atoms with van der Waals surface area (Å²) in [5, 5.41) is 123. The molecule has 3 aromatic carbocycles. The minimum atomic E-state index is -2.10. The molecule has 0 unspecified atom stereocenters. The van der Waals surface area contributed by atoms with E-state index in [0.717, 1.165) is 12.1 Å². The number of phenolic OH excluding ortho intramolecular Hbond substituents is 6. The van der Waals surface area contributed by atoms with E-state index in [2.05, 4.69) is 0 Å². The second-order valence-corrected chi connectivity index (χ2v) is 12.3. The van der Waals surface area contributed by atoms with Crippen LogP contribution in [0.2, 0.25) is 0 Å². The van der Waals surface area contributed by atoms with Crippen molar-refractivity contribution in [2.24, 2.45) is 0 Å². The van der Waals surface area contributed by atoms with Gasteiger partial charge in [-0.3, -0.25) is 4.79 Å². The zero-order valence-electron chi connectivity index (χ0n) is 27.4. The van der Waals surface area contributed by atoms with Crippen LogP contribution in [0.4, 0.5) is 0 Å². The van der Waals surface area contributed by atoms with Gasteiger partial charge in [-0.25, -0.2) is 4.79 Å². The van der Waals surface area contributed by atoms with Crippen molar-refractivity contribution in [1.82, 2.24) is 0 Å². The number of ether oxygens (including phenoxy) is 5. The Morgan fingerprint density at radius 1 is 0.685 bits per heavy atom. The molecule has 0 saturated carbocycles. The first-order valence-corrected chi connectivity index (χ1v) is 16.0. The van der Waals surface area contributed by atoms with E-state index < -0.39 is 131 Å². The van der Waals surface area contributed by atoms with E-state index in [0.29, 0.717) is 12.1 Å². The third kappa shape index (κ3) is 7.12. The van der Waals surface area contributed by atoms with Crippen LogP contribution in [-0.2, 0) is 18.9 Å². The Morgan fingerprint density at radius 2 is 1.26 bits per heavy atom. The third-order valence-corrected chi connectivity index (χ3v) is 8.77. The summed E-state index contributed by atoms with van der Waals surface area (Å²) in [6, 6.07) is 8.34. The molecule has 4 aromatic rings. The van der Waals surface area contributed by atoms with Crippen LogP contribution in [0, 0.1) is 0 Å². The van der Waals surface area contributed by atoms with E-state index in [9.17, 15) is 70.9 Å². The average molecular weight is 763 g/mol. The minimum Gasteiger partial charge on any atom is -0.508 e. The number of aliphatic hydroxyl groups excluding tert-OH is 6. The average Bonchev–Trinajstić information content (AvgIpc) is 3.13. The smallest absolute Gasteiger partial charge is 0.338 e. The van der Waals surface area contributed by atoms with E-state index >= 15 is 0 Å². The zero-order valence-corrected chi connectivity index (χ0v) is 27.4. The summed E-state index contributed by atoms with van der Waals surface area (Å²) < 4.78 is 34.3. The number of esters is 1. The highest BCUT2D eigenvalue weighted by Crippen LogP contribution is 2.39. The molecule has 1 aromatic heterocycles. The molecule has 2 aliphatic heterocycles. The highest BCUT2D eigenvalue weighted by atomic mass is 16.8. The Kier molecular flexibility index (Phi) is 10.7. The molecule has 0 bridgehead atoms. The number of hydrogen-bond donors (Lipinski definition) is 12. The van der Waals surface area contributed by atoms with Gasteiger partial charge in [0.15, 0.2) is 41.5 Å². The molecular weight excluding hydrogens is 728 g/mol. The summed E-state index contributed by atoms with van der Waals surface area (Å²) in [5.74, 6) is -6.70. The number of carbonyl (C=O) groups excluding carboxylic acids is 1. The summed E-state index contributed by atoms with van der Waals surface area (Å²) in [7, 11) is 0. The zero-order chi connectivity index (χ0) is 39.2. The quantitative estimate of drug-likeness (QED) is 0.0686. The van der Waals surface area contributed by atoms with Crippen molar-refractivity contribution in [1.29, 1.82) is 0 Å². The predicted molar refractivity (Wildman–Crippen MR) is 175 cm³/mol. The lowest BCUT2D eigenvalue weighted by atomic mass is 9.97. The van der Waals surface area contributed by atoms with Gasteiger partial charge in [-0.15, -0.1) is 0 Å². The lowest BCUT2D eigenvalue weighted by Crippen LogP contribution is -2.65. The van der Waals surface area contributed by atoms with Crippen LogP contribution < -0.4 is 10.2 Å². The standard InChI is InChI=1S/C34H34O20/c35-9-19-23(43)26(46)30(52-32(48)12-5-16(40)22(42)17(41)6-12)33(50-19)54-31-27(47)24(44)20(10-36)51-34(31)53-29-25(45)21-15(39)7-14(38)8-18(21)49-28(29)11-1-3-13(37)4-2-11/h1-8,19-20,23-24,26-27,30-31,33-44,46-47H,9-10H2/t19-,20-,23-,24-,26+,27+,30-,31-,33+,34+/m1/s1. The normalized spacial score (nSPS) is 28.5. The SMILES string of the molecule is O=C(O[C@H]1[C@H](O[C@H]2[C@H](Oc3c(-c4ccc(O)cc4)oc4cc(O)cc(O)c4c3=O)O[C@H](CO)[C@@H](O)[C@@H]2O)O[C@H](CO)[C@@H](O)[C@@H]1O)c1cc(O)c(O)c(O)c1. The van der Waals surface area contributed by atoms with Gasteiger partial charge in [-0.2, -0.15) is 0 Å². The number of aliphatic hydroxyl groups is 6. The Hall–Kier alpha value is -5.42. The highest BCUT2D eigenvalue weighted by Gasteiger charge is 2.53. The van der Waals surface area contributed by atoms with E-state index in [1.807, 2.05) is 0 Å². The molecule has 2 saturated heterocycles.